The van der Waals surface area contributed by atoms with Gasteiger partial charge in [-0.05, 0) is 87.9 Å². The second-order valence-electron chi connectivity index (χ2n) is 6.47. The van der Waals surface area contributed by atoms with Crippen LogP contribution in [0.3, 0.4) is 0 Å². The number of aromatic hydroxyl groups is 2. The standard InChI is InChI=1S/C19H24O4S/c1-9-8-16(20)15(7)18(10(9)2)24(22,23)19-13(5)11(3)17(21)12(4)14(19)6/h8,20-21H,1-7H3. The van der Waals surface area contributed by atoms with Crippen LogP contribution in [0, 0.1) is 48.5 Å². The third-order valence-electron chi connectivity index (χ3n) is 5.06. The number of aryl methyl sites for hydroxylation is 1. The van der Waals surface area contributed by atoms with E-state index in [1.807, 2.05) is 0 Å². The molecule has 5 heteroatoms. The van der Waals surface area contributed by atoms with Crippen LogP contribution < -0.4 is 0 Å². The van der Waals surface area contributed by atoms with E-state index in [2.05, 4.69) is 0 Å². The predicted octanol–water partition coefficient (Wildman–Crippen LogP) is 4.09. The van der Waals surface area contributed by atoms with Gasteiger partial charge < -0.3 is 10.2 Å². The van der Waals surface area contributed by atoms with Crippen LogP contribution in [0.5, 0.6) is 11.5 Å². The summed E-state index contributed by atoms with van der Waals surface area (Å²) in [6.07, 6.45) is 0. The van der Waals surface area contributed by atoms with Crippen molar-refractivity contribution in [3.8, 4) is 11.5 Å². The van der Waals surface area contributed by atoms with E-state index in [1.54, 1.807) is 54.5 Å². The predicted molar refractivity (Wildman–Crippen MR) is 94.8 cm³/mol. The fourth-order valence-corrected chi connectivity index (χ4v) is 5.55. The summed E-state index contributed by atoms with van der Waals surface area (Å²) >= 11 is 0. The minimum absolute atomic E-state index is 0.0285. The second-order valence-corrected chi connectivity index (χ2v) is 8.30. The van der Waals surface area contributed by atoms with Crippen LogP contribution in [0.25, 0.3) is 0 Å². The largest absolute Gasteiger partial charge is 0.508 e. The first-order chi connectivity index (χ1) is 10.9. The van der Waals surface area contributed by atoms with E-state index in [0.717, 1.165) is 5.56 Å². The van der Waals surface area contributed by atoms with Crippen LogP contribution in [0.2, 0.25) is 0 Å². The summed E-state index contributed by atoms with van der Waals surface area (Å²) in [5, 5.41) is 20.3. The summed E-state index contributed by atoms with van der Waals surface area (Å²) in [6, 6.07) is 1.58. The molecule has 2 N–H and O–H groups in total. The molecule has 0 radical (unpaired) electrons. The summed E-state index contributed by atoms with van der Waals surface area (Å²) < 4.78 is 26.9. The summed E-state index contributed by atoms with van der Waals surface area (Å²) in [5.74, 6) is 0.101. The molecule has 2 aromatic carbocycles. The Balaban J connectivity index is 3.00. The Labute approximate surface area is 143 Å². The van der Waals surface area contributed by atoms with Gasteiger partial charge in [-0.3, -0.25) is 0 Å². The van der Waals surface area contributed by atoms with E-state index in [4.69, 9.17) is 0 Å². The Hall–Kier alpha value is -2.01. The number of benzene rings is 2. The van der Waals surface area contributed by atoms with Gasteiger partial charge in [-0.2, -0.15) is 0 Å². The molecule has 2 aromatic rings. The Kier molecular flexibility index (Phi) is 4.44. The number of phenols is 2. The average molecular weight is 348 g/mol. The van der Waals surface area contributed by atoms with Crippen molar-refractivity contribution < 1.29 is 18.6 Å². The molecule has 24 heavy (non-hydrogen) atoms. The summed E-state index contributed by atoms with van der Waals surface area (Å²) in [6.45, 7) is 12.0. The van der Waals surface area contributed by atoms with E-state index in [0.29, 0.717) is 33.4 Å². The maximum Gasteiger partial charge on any atom is 0.207 e. The van der Waals surface area contributed by atoms with E-state index in [-0.39, 0.29) is 21.3 Å². The van der Waals surface area contributed by atoms with Gasteiger partial charge in [0.25, 0.3) is 0 Å². The average Bonchev–Trinajstić information content (AvgIpc) is 2.49. The lowest BCUT2D eigenvalue weighted by Crippen LogP contribution is -2.13. The maximum absolute atomic E-state index is 13.4. The van der Waals surface area contributed by atoms with Crippen LogP contribution in [-0.2, 0) is 9.84 Å². The number of hydrogen-bond donors (Lipinski definition) is 2. The number of sulfone groups is 1. The maximum atomic E-state index is 13.4. The molecule has 0 aliphatic heterocycles. The Morgan fingerprint density at radius 1 is 0.667 bits per heavy atom. The van der Waals surface area contributed by atoms with Crippen LogP contribution in [0.15, 0.2) is 15.9 Å². The molecule has 0 fully saturated rings. The van der Waals surface area contributed by atoms with Gasteiger partial charge >= 0.3 is 0 Å². The first-order valence-electron chi connectivity index (χ1n) is 7.77. The zero-order chi connectivity index (χ0) is 18.6. The van der Waals surface area contributed by atoms with Gasteiger partial charge in [0.1, 0.15) is 11.5 Å². The van der Waals surface area contributed by atoms with Crippen molar-refractivity contribution in [3.63, 3.8) is 0 Å². The van der Waals surface area contributed by atoms with E-state index < -0.39 is 9.84 Å². The molecule has 4 nitrogen and oxygen atoms in total. The van der Waals surface area contributed by atoms with E-state index >= 15 is 0 Å². The summed E-state index contributed by atoms with van der Waals surface area (Å²) in [7, 11) is -3.84. The lowest BCUT2D eigenvalue weighted by molar-refractivity contribution is 0.464. The molecular weight excluding hydrogens is 324 g/mol. The normalized spacial score (nSPS) is 11.8. The van der Waals surface area contributed by atoms with Crippen LogP contribution in [-0.4, -0.2) is 18.6 Å². The topological polar surface area (TPSA) is 74.6 Å². The molecular formula is C19H24O4S. The molecule has 0 heterocycles. The Morgan fingerprint density at radius 2 is 1.08 bits per heavy atom. The summed E-state index contributed by atoms with van der Waals surface area (Å²) in [5.41, 5.74) is 3.89. The van der Waals surface area contributed by atoms with Crippen molar-refractivity contribution >= 4 is 9.84 Å². The first-order valence-corrected chi connectivity index (χ1v) is 9.25. The quantitative estimate of drug-likeness (QED) is 0.857. The van der Waals surface area contributed by atoms with Gasteiger partial charge in [-0.15, -0.1) is 0 Å². The molecule has 0 spiro atoms. The zero-order valence-corrected chi connectivity index (χ0v) is 16.0. The minimum atomic E-state index is -3.84. The highest BCUT2D eigenvalue weighted by atomic mass is 32.2. The highest BCUT2D eigenvalue weighted by molar-refractivity contribution is 7.91. The molecule has 0 amide bonds. The van der Waals surface area contributed by atoms with Gasteiger partial charge in [0.2, 0.25) is 9.84 Å². The second kappa shape index (κ2) is 5.81. The van der Waals surface area contributed by atoms with Crippen molar-refractivity contribution in [1.82, 2.24) is 0 Å². The first kappa shape index (κ1) is 18.3. The highest BCUT2D eigenvalue weighted by Gasteiger charge is 2.30. The lowest BCUT2D eigenvalue weighted by atomic mass is 10.00. The molecule has 0 aromatic heterocycles. The number of rotatable bonds is 2. The van der Waals surface area contributed by atoms with Gasteiger partial charge in [0.15, 0.2) is 0 Å². The van der Waals surface area contributed by atoms with Crippen LogP contribution in [0.4, 0.5) is 0 Å². The van der Waals surface area contributed by atoms with Crippen molar-refractivity contribution in [2.75, 3.05) is 0 Å². The SMILES string of the molecule is Cc1cc(O)c(C)c(S(=O)(=O)c2c(C)c(C)c(O)c(C)c2C)c1C. The van der Waals surface area contributed by atoms with Gasteiger partial charge in [-0.1, -0.05) is 0 Å². The van der Waals surface area contributed by atoms with Gasteiger partial charge in [0.05, 0.1) is 9.79 Å². The van der Waals surface area contributed by atoms with E-state index in [9.17, 15) is 18.6 Å². The van der Waals surface area contributed by atoms with Crippen molar-refractivity contribution in [1.29, 1.82) is 0 Å². The molecule has 0 saturated heterocycles. The molecule has 0 saturated carbocycles. The molecule has 130 valence electrons. The van der Waals surface area contributed by atoms with Crippen molar-refractivity contribution in [2.24, 2.45) is 0 Å². The van der Waals surface area contributed by atoms with Crippen LogP contribution >= 0.6 is 0 Å². The van der Waals surface area contributed by atoms with Crippen LogP contribution in [0.1, 0.15) is 38.9 Å². The number of phenolic OH excluding ortho intramolecular Hbond substituents is 2. The lowest BCUT2D eigenvalue weighted by Gasteiger charge is -2.20. The van der Waals surface area contributed by atoms with Crippen molar-refractivity contribution in [3.05, 3.63) is 45.0 Å². The molecule has 0 aliphatic rings. The third-order valence-corrected chi connectivity index (χ3v) is 7.36. The fourth-order valence-electron chi connectivity index (χ4n) is 3.16. The smallest absolute Gasteiger partial charge is 0.207 e. The fraction of sp³-hybridized carbons (Fsp3) is 0.368. The highest BCUT2D eigenvalue weighted by Crippen LogP contribution is 2.40. The molecule has 0 unspecified atom stereocenters. The van der Waals surface area contributed by atoms with Gasteiger partial charge in [-0.25, -0.2) is 8.42 Å². The summed E-state index contributed by atoms with van der Waals surface area (Å²) in [4.78, 5) is 0.363. The monoisotopic (exact) mass is 348 g/mol. The molecule has 0 bridgehead atoms. The van der Waals surface area contributed by atoms with Gasteiger partial charge in [0, 0.05) is 5.56 Å². The minimum Gasteiger partial charge on any atom is -0.508 e. The molecule has 0 aliphatic carbocycles. The Bertz CT molecular complexity index is 899. The third kappa shape index (κ3) is 2.47. The molecule has 0 atom stereocenters. The molecule has 2 rings (SSSR count). The van der Waals surface area contributed by atoms with Crippen molar-refractivity contribution in [2.45, 2.75) is 58.3 Å². The Morgan fingerprint density at radius 3 is 1.54 bits per heavy atom. The zero-order valence-electron chi connectivity index (χ0n) is 15.2. The number of hydrogen-bond acceptors (Lipinski definition) is 4. The van der Waals surface area contributed by atoms with E-state index in [1.165, 1.54) is 0 Å².